The second-order valence-corrected chi connectivity index (χ2v) is 7.08. The van der Waals surface area contributed by atoms with E-state index in [1.807, 2.05) is 26.0 Å². The molecule has 0 spiro atoms. The van der Waals surface area contributed by atoms with Crippen molar-refractivity contribution in [3.05, 3.63) is 59.0 Å². The average molecular weight is 403 g/mol. The Morgan fingerprint density at radius 2 is 2.00 bits per heavy atom. The van der Waals surface area contributed by atoms with Gasteiger partial charge in [-0.15, -0.1) is 0 Å². The fourth-order valence-electron chi connectivity index (χ4n) is 3.50. The number of halogens is 3. The highest BCUT2D eigenvalue weighted by atomic mass is 19.4. The molecule has 3 heterocycles. The Bertz CT molecular complexity index is 1040. The van der Waals surface area contributed by atoms with E-state index in [-0.39, 0.29) is 11.9 Å². The molecule has 1 atom stereocenters. The highest BCUT2D eigenvalue weighted by molar-refractivity contribution is 5.65. The van der Waals surface area contributed by atoms with Crippen LogP contribution in [-0.2, 0) is 23.9 Å². The summed E-state index contributed by atoms with van der Waals surface area (Å²) in [5.41, 5.74) is 3.98. The van der Waals surface area contributed by atoms with Gasteiger partial charge in [-0.25, -0.2) is 4.68 Å². The van der Waals surface area contributed by atoms with Crippen LogP contribution >= 0.6 is 0 Å². The topological polar surface area (TPSA) is 49.2 Å². The summed E-state index contributed by atoms with van der Waals surface area (Å²) in [5, 5.41) is 4.72. The average Bonchev–Trinajstić information content (AvgIpc) is 3.06. The minimum Gasteiger partial charge on any atom is -0.496 e. The quantitative estimate of drug-likeness (QED) is 0.634. The molecular weight excluding hydrogens is 383 g/mol. The van der Waals surface area contributed by atoms with E-state index in [4.69, 9.17) is 14.6 Å². The highest BCUT2D eigenvalue weighted by Gasteiger charge is 2.35. The van der Waals surface area contributed by atoms with Gasteiger partial charge in [-0.1, -0.05) is 0 Å². The van der Waals surface area contributed by atoms with Crippen molar-refractivity contribution >= 4 is 0 Å². The monoisotopic (exact) mass is 403 g/mol. The molecule has 1 aromatic carbocycles. The molecule has 5 nitrogen and oxygen atoms in total. The van der Waals surface area contributed by atoms with Crippen molar-refractivity contribution in [1.82, 2.24) is 14.8 Å². The molecule has 3 aromatic rings. The summed E-state index contributed by atoms with van der Waals surface area (Å²) in [6.07, 6.45) is -2.16. The van der Waals surface area contributed by atoms with Crippen LogP contribution in [0.4, 0.5) is 13.2 Å². The van der Waals surface area contributed by atoms with Gasteiger partial charge >= 0.3 is 6.18 Å². The predicted octanol–water partition coefficient (Wildman–Crippen LogP) is 4.73. The molecule has 0 saturated heterocycles. The first-order valence-electron chi connectivity index (χ1n) is 9.19. The molecule has 1 aliphatic heterocycles. The fraction of sp³-hybridized carbons (Fsp3) is 0.333. The van der Waals surface area contributed by atoms with E-state index in [1.165, 1.54) is 19.2 Å². The number of benzene rings is 1. The maximum atomic E-state index is 13.2. The van der Waals surface area contributed by atoms with Gasteiger partial charge in [0.2, 0.25) is 0 Å². The Kier molecular flexibility index (Phi) is 4.82. The summed E-state index contributed by atoms with van der Waals surface area (Å²) < 4.78 is 52.2. The molecule has 1 unspecified atom stereocenters. The molecule has 2 aromatic heterocycles. The zero-order valence-corrected chi connectivity index (χ0v) is 16.2. The normalized spacial score (nSPS) is 16.6. The standard InChI is InChI=1S/C21H20F3N3O2/c1-12-4-5-14(10-25-12)20-16-11-29-13(2)8-18(16)27(26-20)15-6-7-17(21(22,23)24)19(9-15)28-3/h4-7,9-10,13H,8,11H2,1-3H3. The second-order valence-electron chi connectivity index (χ2n) is 7.08. The summed E-state index contributed by atoms with van der Waals surface area (Å²) in [6, 6.07) is 7.64. The van der Waals surface area contributed by atoms with E-state index < -0.39 is 11.7 Å². The summed E-state index contributed by atoms with van der Waals surface area (Å²) in [7, 11) is 1.23. The number of ether oxygens (including phenoxy) is 2. The molecule has 0 N–H and O–H groups in total. The molecule has 29 heavy (non-hydrogen) atoms. The SMILES string of the molecule is COc1cc(-n2nc(-c3ccc(C)nc3)c3c2CC(C)OC3)ccc1C(F)(F)F. The molecule has 0 fully saturated rings. The van der Waals surface area contributed by atoms with Crippen LogP contribution in [0, 0.1) is 6.92 Å². The van der Waals surface area contributed by atoms with Crippen LogP contribution in [0.25, 0.3) is 16.9 Å². The number of hydrogen-bond acceptors (Lipinski definition) is 4. The zero-order valence-electron chi connectivity index (χ0n) is 16.2. The number of fused-ring (bicyclic) bond motifs is 1. The van der Waals surface area contributed by atoms with Gasteiger partial charge in [0, 0.05) is 35.5 Å². The van der Waals surface area contributed by atoms with Crippen LogP contribution in [0.15, 0.2) is 36.5 Å². The van der Waals surface area contributed by atoms with Crippen LogP contribution in [0.2, 0.25) is 0 Å². The van der Waals surface area contributed by atoms with Crippen LogP contribution in [-0.4, -0.2) is 28.0 Å². The molecule has 1 aliphatic rings. The number of pyridine rings is 1. The maximum absolute atomic E-state index is 13.2. The van der Waals surface area contributed by atoms with E-state index in [0.717, 1.165) is 34.3 Å². The van der Waals surface area contributed by atoms with Crippen LogP contribution in [0.3, 0.4) is 0 Å². The Morgan fingerprint density at radius 3 is 2.66 bits per heavy atom. The van der Waals surface area contributed by atoms with Crippen LogP contribution in [0.5, 0.6) is 5.75 Å². The number of methoxy groups -OCH3 is 1. The zero-order chi connectivity index (χ0) is 20.8. The molecule has 4 rings (SSSR count). The molecule has 8 heteroatoms. The van der Waals surface area contributed by atoms with E-state index in [1.54, 1.807) is 10.9 Å². The largest absolute Gasteiger partial charge is 0.496 e. The maximum Gasteiger partial charge on any atom is 0.419 e. The summed E-state index contributed by atoms with van der Waals surface area (Å²) >= 11 is 0. The predicted molar refractivity (Wildman–Crippen MR) is 101 cm³/mol. The third-order valence-corrected chi connectivity index (χ3v) is 5.00. The van der Waals surface area contributed by atoms with Crippen molar-refractivity contribution in [3.8, 4) is 22.7 Å². The molecular formula is C21H20F3N3O2. The van der Waals surface area contributed by atoms with E-state index >= 15 is 0 Å². The van der Waals surface area contributed by atoms with Crippen molar-refractivity contribution in [2.75, 3.05) is 7.11 Å². The Hall–Kier alpha value is -2.87. The first kappa shape index (κ1) is 19.4. The number of aromatic nitrogens is 3. The van der Waals surface area contributed by atoms with Crippen LogP contribution < -0.4 is 4.74 Å². The van der Waals surface area contributed by atoms with Gasteiger partial charge in [-0.05, 0) is 38.1 Å². The number of aryl methyl sites for hydroxylation is 1. The number of rotatable bonds is 3. The van der Waals surface area contributed by atoms with E-state index in [9.17, 15) is 13.2 Å². The first-order chi connectivity index (χ1) is 13.8. The third-order valence-electron chi connectivity index (χ3n) is 5.00. The van der Waals surface area contributed by atoms with Crippen molar-refractivity contribution < 1.29 is 22.6 Å². The molecule has 0 bridgehead atoms. The van der Waals surface area contributed by atoms with Gasteiger partial charge in [0.15, 0.2) is 0 Å². The summed E-state index contributed by atoms with van der Waals surface area (Å²) in [6.45, 7) is 4.25. The highest BCUT2D eigenvalue weighted by Crippen LogP contribution is 2.38. The molecule has 0 aliphatic carbocycles. The third kappa shape index (κ3) is 3.60. The van der Waals surface area contributed by atoms with Gasteiger partial charge in [0.05, 0.1) is 36.8 Å². The summed E-state index contributed by atoms with van der Waals surface area (Å²) in [4.78, 5) is 4.33. The number of alkyl halides is 3. The Morgan fingerprint density at radius 1 is 1.21 bits per heavy atom. The Balaban J connectivity index is 1.87. The minimum absolute atomic E-state index is 0.0155. The summed E-state index contributed by atoms with van der Waals surface area (Å²) in [5.74, 6) is -0.238. The van der Waals surface area contributed by atoms with Gasteiger partial charge in [0.25, 0.3) is 0 Å². The lowest BCUT2D eigenvalue weighted by Crippen LogP contribution is -2.21. The molecule has 0 amide bonds. The minimum atomic E-state index is -4.49. The van der Waals surface area contributed by atoms with Gasteiger partial charge in [-0.3, -0.25) is 4.98 Å². The van der Waals surface area contributed by atoms with Crippen molar-refractivity contribution in [3.63, 3.8) is 0 Å². The van der Waals surface area contributed by atoms with E-state index in [0.29, 0.717) is 18.7 Å². The lowest BCUT2D eigenvalue weighted by molar-refractivity contribution is -0.138. The van der Waals surface area contributed by atoms with Gasteiger partial charge in [-0.2, -0.15) is 18.3 Å². The lowest BCUT2D eigenvalue weighted by atomic mass is 10.0. The second kappa shape index (κ2) is 7.18. The van der Waals surface area contributed by atoms with Crippen molar-refractivity contribution in [2.45, 2.75) is 39.2 Å². The first-order valence-corrected chi connectivity index (χ1v) is 9.19. The van der Waals surface area contributed by atoms with Crippen molar-refractivity contribution in [1.29, 1.82) is 0 Å². The lowest BCUT2D eigenvalue weighted by Gasteiger charge is -2.21. The van der Waals surface area contributed by atoms with E-state index in [2.05, 4.69) is 4.98 Å². The van der Waals surface area contributed by atoms with Crippen LogP contribution in [0.1, 0.15) is 29.4 Å². The van der Waals surface area contributed by atoms with Gasteiger partial charge < -0.3 is 9.47 Å². The number of hydrogen-bond donors (Lipinski definition) is 0. The Labute approximate surface area is 166 Å². The molecule has 0 saturated carbocycles. The van der Waals surface area contributed by atoms with Crippen molar-refractivity contribution in [2.24, 2.45) is 0 Å². The fourth-order valence-corrected chi connectivity index (χ4v) is 3.50. The smallest absolute Gasteiger partial charge is 0.419 e. The number of nitrogens with zero attached hydrogens (tertiary/aromatic N) is 3. The molecule has 152 valence electrons. The molecule has 0 radical (unpaired) electrons. The van der Waals surface area contributed by atoms with Gasteiger partial charge in [0.1, 0.15) is 11.4 Å².